The molecule has 0 bridgehead atoms. The predicted molar refractivity (Wildman–Crippen MR) is 80.6 cm³/mol. The minimum atomic E-state index is -0.636. The van der Waals surface area contributed by atoms with E-state index in [-0.39, 0.29) is 5.70 Å². The minimum Gasteiger partial charge on any atom is -0.496 e. The van der Waals surface area contributed by atoms with Gasteiger partial charge in [-0.15, -0.1) is 0 Å². The highest BCUT2D eigenvalue weighted by atomic mass is 16.6. The molecule has 0 aliphatic rings. The van der Waals surface area contributed by atoms with Gasteiger partial charge in [-0.05, 0) is 32.9 Å². The molecule has 0 spiro atoms. The van der Waals surface area contributed by atoms with Crippen LogP contribution >= 0.6 is 0 Å². The lowest BCUT2D eigenvalue weighted by Crippen LogP contribution is -2.32. The number of ether oxygens (including phenoxy) is 2. The Hall–Kier alpha value is -2.50. The molecular formula is C15H20N2O4. The van der Waals surface area contributed by atoms with Crippen LogP contribution in [0, 0.1) is 0 Å². The van der Waals surface area contributed by atoms with Crippen LogP contribution in [0.5, 0.6) is 5.75 Å². The Labute approximate surface area is 124 Å². The van der Waals surface area contributed by atoms with Gasteiger partial charge in [0.2, 0.25) is 0 Å². The van der Waals surface area contributed by atoms with Crippen molar-refractivity contribution in [1.82, 2.24) is 5.32 Å². The van der Waals surface area contributed by atoms with Crippen LogP contribution in [-0.4, -0.2) is 30.2 Å². The lowest BCUT2D eigenvalue weighted by Gasteiger charge is -2.19. The number of hydrogen-bond donors (Lipinski definition) is 2. The van der Waals surface area contributed by atoms with Crippen molar-refractivity contribution >= 4 is 18.4 Å². The zero-order chi connectivity index (χ0) is 15.9. The number of rotatable bonds is 4. The summed E-state index contributed by atoms with van der Waals surface area (Å²) in [5, 5.41) is 14.1. The van der Waals surface area contributed by atoms with Gasteiger partial charge in [0.25, 0.3) is 0 Å². The van der Waals surface area contributed by atoms with E-state index in [1.54, 1.807) is 46.1 Å². The SMILES string of the molecule is COc1ccccc1/C=C(\C=N\O)NC(=O)OC(C)(C)C. The Kier molecular flexibility index (Phi) is 5.78. The Balaban J connectivity index is 2.96. The number of oxime groups is 1. The molecule has 1 aromatic rings. The van der Waals surface area contributed by atoms with Crippen LogP contribution in [0.15, 0.2) is 35.1 Å². The average Bonchev–Trinajstić information content (AvgIpc) is 2.37. The van der Waals surface area contributed by atoms with Crippen LogP contribution < -0.4 is 10.1 Å². The van der Waals surface area contributed by atoms with Crippen molar-refractivity contribution in [2.45, 2.75) is 26.4 Å². The van der Waals surface area contributed by atoms with Crippen molar-refractivity contribution in [1.29, 1.82) is 0 Å². The van der Waals surface area contributed by atoms with E-state index in [4.69, 9.17) is 14.7 Å². The minimum absolute atomic E-state index is 0.274. The Bertz CT molecular complexity index is 545. The first-order valence-electron chi connectivity index (χ1n) is 6.38. The third-order valence-electron chi connectivity index (χ3n) is 2.29. The van der Waals surface area contributed by atoms with Crippen LogP contribution in [0.25, 0.3) is 6.08 Å². The number of methoxy groups -OCH3 is 1. The molecule has 0 aliphatic carbocycles. The van der Waals surface area contributed by atoms with Crippen molar-refractivity contribution in [3.63, 3.8) is 0 Å². The summed E-state index contributed by atoms with van der Waals surface area (Å²) in [5.41, 5.74) is 0.387. The highest BCUT2D eigenvalue weighted by Gasteiger charge is 2.16. The number of amides is 1. The molecule has 0 aromatic heterocycles. The number of carbonyl (C=O) groups is 1. The van der Waals surface area contributed by atoms with E-state index in [1.807, 2.05) is 12.1 Å². The zero-order valence-electron chi connectivity index (χ0n) is 12.6. The van der Waals surface area contributed by atoms with Gasteiger partial charge in [0, 0.05) is 5.56 Å². The molecule has 21 heavy (non-hydrogen) atoms. The highest BCUT2D eigenvalue weighted by molar-refractivity contribution is 5.90. The molecule has 114 valence electrons. The second kappa shape index (κ2) is 7.33. The monoisotopic (exact) mass is 292 g/mol. The molecule has 0 saturated heterocycles. The Morgan fingerprint density at radius 2 is 2.00 bits per heavy atom. The lowest BCUT2D eigenvalue weighted by molar-refractivity contribution is 0.0550. The molecule has 0 unspecified atom stereocenters. The molecule has 1 rings (SSSR count). The smallest absolute Gasteiger partial charge is 0.412 e. The van der Waals surface area contributed by atoms with E-state index < -0.39 is 11.7 Å². The second-order valence-electron chi connectivity index (χ2n) is 5.21. The molecule has 0 radical (unpaired) electrons. The third-order valence-corrected chi connectivity index (χ3v) is 2.29. The summed E-state index contributed by atoms with van der Waals surface area (Å²) in [7, 11) is 1.55. The van der Waals surface area contributed by atoms with Crippen molar-refractivity contribution in [3.05, 3.63) is 35.5 Å². The van der Waals surface area contributed by atoms with Gasteiger partial charge in [-0.1, -0.05) is 23.4 Å². The number of nitrogens with zero attached hydrogens (tertiary/aromatic N) is 1. The summed E-state index contributed by atoms with van der Waals surface area (Å²) < 4.78 is 10.4. The Morgan fingerprint density at radius 1 is 1.33 bits per heavy atom. The summed E-state index contributed by atoms with van der Waals surface area (Å²) >= 11 is 0. The molecule has 6 heteroatoms. The maximum atomic E-state index is 11.7. The molecule has 0 atom stereocenters. The second-order valence-corrected chi connectivity index (χ2v) is 5.21. The van der Waals surface area contributed by atoms with E-state index in [0.29, 0.717) is 5.75 Å². The normalized spacial score (nSPS) is 12.3. The number of para-hydroxylation sites is 1. The molecule has 0 aliphatic heterocycles. The zero-order valence-corrected chi connectivity index (χ0v) is 12.6. The van der Waals surface area contributed by atoms with Crippen LogP contribution in [-0.2, 0) is 4.74 Å². The lowest BCUT2D eigenvalue weighted by atomic mass is 10.1. The summed E-state index contributed by atoms with van der Waals surface area (Å²) in [5.74, 6) is 0.632. The van der Waals surface area contributed by atoms with Crippen molar-refractivity contribution < 1.29 is 19.5 Å². The van der Waals surface area contributed by atoms with E-state index in [0.717, 1.165) is 11.8 Å². The fraction of sp³-hybridized carbons (Fsp3) is 0.333. The standard InChI is InChI=1S/C15H20N2O4/c1-15(2,3)21-14(18)17-12(10-16-19)9-11-7-5-6-8-13(11)20-4/h5-10,19H,1-4H3,(H,17,18)/b12-9+,16-10+. The van der Waals surface area contributed by atoms with Gasteiger partial charge in [0.05, 0.1) is 19.0 Å². The van der Waals surface area contributed by atoms with Gasteiger partial charge in [-0.25, -0.2) is 4.79 Å². The molecule has 1 amide bonds. The van der Waals surface area contributed by atoms with Crippen molar-refractivity contribution in [2.75, 3.05) is 7.11 Å². The summed E-state index contributed by atoms with van der Waals surface area (Å²) in [6.45, 7) is 5.28. The van der Waals surface area contributed by atoms with Gasteiger partial charge in [0.1, 0.15) is 11.4 Å². The van der Waals surface area contributed by atoms with E-state index in [1.165, 1.54) is 0 Å². The average molecular weight is 292 g/mol. The topological polar surface area (TPSA) is 80.2 Å². The van der Waals surface area contributed by atoms with Gasteiger partial charge >= 0.3 is 6.09 Å². The van der Waals surface area contributed by atoms with Crippen LogP contribution in [0.4, 0.5) is 4.79 Å². The summed E-state index contributed by atoms with van der Waals surface area (Å²) in [6.07, 6.45) is 2.09. The first-order chi connectivity index (χ1) is 9.85. The molecule has 0 fully saturated rings. The number of alkyl carbamates (subject to hydrolysis) is 1. The quantitative estimate of drug-likeness (QED) is 0.508. The van der Waals surface area contributed by atoms with Crippen LogP contribution in [0.3, 0.4) is 0 Å². The first-order valence-corrected chi connectivity index (χ1v) is 6.38. The maximum Gasteiger partial charge on any atom is 0.412 e. The van der Waals surface area contributed by atoms with Gasteiger partial charge < -0.3 is 14.7 Å². The fourth-order valence-corrected chi connectivity index (χ4v) is 1.54. The molecular weight excluding hydrogens is 272 g/mol. The molecule has 0 saturated carbocycles. The number of hydrogen-bond acceptors (Lipinski definition) is 5. The van der Waals surface area contributed by atoms with Gasteiger partial charge in [-0.3, -0.25) is 5.32 Å². The van der Waals surface area contributed by atoms with Gasteiger partial charge in [0.15, 0.2) is 0 Å². The maximum absolute atomic E-state index is 11.7. The van der Waals surface area contributed by atoms with Crippen LogP contribution in [0.2, 0.25) is 0 Å². The van der Waals surface area contributed by atoms with Gasteiger partial charge in [-0.2, -0.15) is 0 Å². The van der Waals surface area contributed by atoms with Crippen molar-refractivity contribution in [3.8, 4) is 5.75 Å². The molecule has 2 N–H and O–H groups in total. The third kappa shape index (κ3) is 5.99. The number of allylic oxidation sites excluding steroid dienone is 1. The molecule has 6 nitrogen and oxygen atoms in total. The molecule has 1 aromatic carbocycles. The summed E-state index contributed by atoms with van der Waals surface area (Å²) in [6, 6.07) is 7.25. The van der Waals surface area contributed by atoms with E-state index in [9.17, 15) is 4.79 Å². The number of carbonyl (C=O) groups excluding carboxylic acids is 1. The van der Waals surface area contributed by atoms with E-state index in [2.05, 4.69) is 10.5 Å². The largest absolute Gasteiger partial charge is 0.496 e. The fourth-order valence-electron chi connectivity index (χ4n) is 1.54. The predicted octanol–water partition coefficient (Wildman–Crippen LogP) is 3.02. The number of benzene rings is 1. The van der Waals surface area contributed by atoms with Crippen LogP contribution in [0.1, 0.15) is 26.3 Å². The molecule has 0 heterocycles. The van der Waals surface area contributed by atoms with E-state index >= 15 is 0 Å². The van der Waals surface area contributed by atoms with Crippen molar-refractivity contribution in [2.24, 2.45) is 5.16 Å². The highest BCUT2D eigenvalue weighted by Crippen LogP contribution is 2.19. The summed E-state index contributed by atoms with van der Waals surface area (Å²) in [4.78, 5) is 11.7. The number of nitrogens with one attached hydrogen (secondary N) is 1. The Morgan fingerprint density at radius 3 is 2.57 bits per heavy atom. The first kappa shape index (κ1) is 16.6.